The lowest BCUT2D eigenvalue weighted by Gasteiger charge is -2.26. The quantitative estimate of drug-likeness (QED) is 0.632. The second-order valence-corrected chi connectivity index (χ2v) is 7.88. The van der Waals surface area contributed by atoms with Gasteiger partial charge < -0.3 is 4.90 Å². The molecule has 0 saturated carbocycles. The van der Waals surface area contributed by atoms with Gasteiger partial charge in [0.1, 0.15) is 12.4 Å². The van der Waals surface area contributed by atoms with Gasteiger partial charge in [-0.15, -0.1) is 5.10 Å². The van der Waals surface area contributed by atoms with Crippen LogP contribution in [0.25, 0.3) is 0 Å². The maximum atomic E-state index is 13.5. The van der Waals surface area contributed by atoms with E-state index in [1.54, 1.807) is 4.68 Å². The molecular formula is C23H28N6O. The zero-order valence-corrected chi connectivity index (χ0v) is 17.4. The third kappa shape index (κ3) is 4.91. The Balaban J connectivity index is 1.44. The van der Waals surface area contributed by atoms with Gasteiger partial charge >= 0.3 is 0 Å². The summed E-state index contributed by atoms with van der Waals surface area (Å²) in [6.45, 7) is 6.42. The van der Waals surface area contributed by atoms with Crippen LogP contribution in [-0.4, -0.2) is 62.1 Å². The molecule has 4 rings (SSSR count). The van der Waals surface area contributed by atoms with E-state index in [2.05, 4.69) is 51.6 Å². The van der Waals surface area contributed by atoms with Crippen LogP contribution in [-0.2, 0) is 17.8 Å². The average Bonchev–Trinajstić information content (AvgIpc) is 3.20. The highest BCUT2D eigenvalue weighted by Gasteiger charge is 2.28. The van der Waals surface area contributed by atoms with Crippen molar-refractivity contribution in [3.8, 4) is 0 Å². The molecule has 1 amide bonds. The van der Waals surface area contributed by atoms with Crippen molar-refractivity contribution in [2.24, 2.45) is 0 Å². The number of carbonyl (C=O) groups excluding carboxylic acids is 1. The SMILES string of the molecule is Cc1ccccc1CN1CCCN(C(=O)[C@H](Cc2ccccc2)n2cnnn2)CC1. The molecule has 7 nitrogen and oxygen atoms in total. The number of aromatic nitrogens is 4. The Hall–Kier alpha value is -3.06. The summed E-state index contributed by atoms with van der Waals surface area (Å²) in [4.78, 5) is 17.9. The molecule has 0 bridgehead atoms. The van der Waals surface area contributed by atoms with Gasteiger partial charge in [-0.1, -0.05) is 54.6 Å². The summed E-state index contributed by atoms with van der Waals surface area (Å²) in [5, 5.41) is 11.5. The molecule has 1 aliphatic rings. The van der Waals surface area contributed by atoms with Gasteiger partial charge in [-0.2, -0.15) is 0 Å². The summed E-state index contributed by atoms with van der Waals surface area (Å²) in [6, 6.07) is 18.1. The Labute approximate surface area is 177 Å². The van der Waals surface area contributed by atoms with Gasteiger partial charge in [-0.25, -0.2) is 4.68 Å². The summed E-state index contributed by atoms with van der Waals surface area (Å²) in [6.07, 6.45) is 3.08. The summed E-state index contributed by atoms with van der Waals surface area (Å²) < 4.78 is 1.59. The molecule has 3 aromatic rings. The van der Waals surface area contributed by atoms with Crippen molar-refractivity contribution in [1.82, 2.24) is 30.0 Å². The Bertz CT molecular complexity index is 943. The molecule has 156 valence electrons. The van der Waals surface area contributed by atoms with E-state index < -0.39 is 6.04 Å². The van der Waals surface area contributed by atoms with Gasteiger partial charge in [0.15, 0.2) is 0 Å². The fourth-order valence-corrected chi connectivity index (χ4v) is 4.03. The lowest BCUT2D eigenvalue weighted by atomic mass is 10.0. The van der Waals surface area contributed by atoms with Crippen LogP contribution in [0.2, 0.25) is 0 Å². The number of carbonyl (C=O) groups is 1. The van der Waals surface area contributed by atoms with E-state index in [4.69, 9.17) is 0 Å². The summed E-state index contributed by atoms with van der Waals surface area (Å²) in [7, 11) is 0. The fraction of sp³-hybridized carbons (Fsp3) is 0.391. The first-order valence-electron chi connectivity index (χ1n) is 10.5. The third-order valence-corrected chi connectivity index (χ3v) is 5.80. The second-order valence-electron chi connectivity index (χ2n) is 7.88. The molecule has 0 aliphatic carbocycles. The largest absolute Gasteiger partial charge is 0.339 e. The Morgan fingerprint density at radius 3 is 2.57 bits per heavy atom. The van der Waals surface area contributed by atoms with Gasteiger partial charge in [-0.3, -0.25) is 9.69 Å². The van der Waals surface area contributed by atoms with Crippen LogP contribution in [0.15, 0.2) is 60.9 Å². The van der Waals surface area contributed by atoms with Gasteiger partial charge in [0.05, 0.1) is 0 Å². The molecule has 7 heteroatoms. The first kappa shape index (κ1) is 20.2. The van der Waals surface area contributed by atoms with Crippen LogP contribution in [0.1, 0.15) is 29.2 Å². The van der Waals surface area contributed by atoms with Gasteiger partial charge in [0.2, 0.25) is 5.91 Å². The number of tetrazole rings is 1. The van der Waals surface area contributed by atoms with E-state index in [0.29, 0.717) is 6.42 Å². The van der Waals surface area contributed by atoms with Crippen molar-refractivity contribution in [1.29, 1.82) is 0 Å². The topological polar surface area (TPSA) is 67.2 Å². The number of nitrogens with zero attached hydrogens (tertiary/aromatic N) is 6. The van der Waals surface area contributed by atoms with E-state index in [0.717, 1.165) is 44.7 Å². The van der Waals surface area contributed by atoms with Crippen LogP contribution in [0.5, 0.6) is 0 Å². The molecule has 0 spiro atoms. The Kier molecular flexibility index (Phi) is 6.49. The van der Waals surface area contributed by atoms with Crippen LogP contribution < -0.4 is 0 Å². The molecular weight excluding hydrogens is 376 g/mol. The van der Waals surface area contributed by atoms with Crippen LogP contribution in [0.3, 0.4) is 0 Å². The number of benzene rings is 2. The molecule has 2 heterocycles. The van der Waals surface area contributed by atoms with Crippen molar-refractivity contribution >= 4 is 5.91 Å². The molecule has 1 fully saturated rings. The minimum absolute atomic E-state index is 0.0869. The lowest BCUT2D eigenvalue weighted by Crippen LogP contribution is -2.40. The molecule has 0 radical (unpaired) electrons. The smallest absolute Gasteiger partial charge is 0.247 e. The number of rotatable bonds is 6. The molecule has 1 atom stereocenters. The monoisotopic (exact) mass is 404 g/mol. The van der Waals surface area contributed by atoms with Crippen LogP contribution in [0, 0.1) is 6.92 Å². The first-order valence-corrected chi connectivity index (χ1v) is 10.5. The summed E-state index contributed by atoms with van der Waals surface area (Å²) >= 11 is 0. The Morgan fingerprint density at radius 2 is 1.80 bits per heavy atom. The lowest BCUT2D eigenvalue weighted by molar-refractivity contribution is -0.135. The molecule has 30 heavy (non-hydrogen) atoms. The third-order valence-electron chi connectivity index (χ3n) is 5.80. The zero-order chi connectivity index (χ0) is 20.8. The zero-order valence-electron chi connectivity index (χ0n) is 17.4. The van der Waals surface area contributed by atoms with Crippen LogP contribution >= 0.6 is 0 Å². The molecule has 0 N–H and O–H groups in total. The fourth-order valence-electron chi connectivity index (χ4n) is 4.03. The van der Waals surface area contributed by atoms with Crippen molar-refractivity contribution < 1.29 is 4.79 Å². The maximum Gasteiger partial charge on any atom is 0.247 e. The molecule has 1 aromatic heterocycles. The van der Waals surface area contributed by atoms with E-state index in [9.17, 15) is 4.79 Å². The van der Waals surface area contributed by atoms with E-state index in [1.807, 2.05) is 35.2 Å². The number of aryl methyl sites for hydroxylation is 1. The molecule has 1 aliphatic heterocycles. The van der Waals surface area contributed by atoms with Crippen LogP contribution in [0.4, 0.5) is 0 Å². The standard InChI is InChI=1S/C23H28N6O/c1-19-8-5-6-11-21(19)17-27-12-7-13-28(15-14-27)23(30)22(29-18-24-25-26-29)16-20-9-3-2-4-10-20/h2-6,8-11,18,22H,7,12-17H2,1H3/t22-/m0/s1. The molecule has 0 unspecified atom stereocenters. The van der Waals surface area contributed by atoms with Crippen molar-refractivity contribution in [2.45, 2.75) is 32.4 Å². The average molecular weight is 405 g/mol. The van der Waals surface area contributed by atoms with Gasteiger partial charge in [0, 0.05) is 39.1 Å². The summed E-state index contributed by atoms with van der Waals surface area (Å²) in [5.41, 5.74) is 3.77. The second kappa shape index (κ2) is 9.63. The molecule has 2 aromatic carbocycles. The highest BCUT2D eigenvalue weighted by Crippen LogP contribution is 2.19. The number of amides is 1. The first-order chi connectivity index (χ1) is 14.7. The minimum atomic E-state index is -0.426. The highest BCUT2D eigenvalue weighted by molar-refractivity contribution is 5.80. The van der Waals surface area contributed by atoms with E-state index in [1.165, 1.54) is 17.5 Å². The van der Waals surface area contributed by atoms with Gasteiger partial charge in [-0.05, 0) is 40.5 Å². The van der Waals surface area contributed by atoms with Gasteiger partial charge in [0.25, 0.3) is 0 Å². The van der Waals surface area contributed by atoms with Crippen molar-refractivity contribution in [3.05, 3.63) is 77.6 Å². The normalized spacial score (nSPS) is 16.2. The van der Waals surface area contributed by atoms with E-state index >= 15 is 0 Å². The van der Waals surface area contributed by atoms with Crippen molar-refractivity contribution in [3.63, 3.8) is 0 Å². The Morgan fingerprint density at radius 1 is 1.00 bits per heavy atom. The summed E-state index contributed by atoms with van der Waals surface area (Å²) in [5.74, 6) is 0.0869. The van der Waals surface area contributed by atoms with E-state index in [-0.39, 0.29) is 5.91 Å². The predicted molar refractivity (Wildman–Crippen MR) is 115 cm³/mol. The minimum Gasteiger partial charge on any atom is -0.339 e. The number of hydrogen-bond acceptors (Lipinski definition) is 5. The molecule has 1 saturated heterocycles. The maximum absolute atomic E-state index is 13.5. The highest BCUT2D eigenvalue weighted by atomic mass is 16.2. The number of hydrogen-bond donors (Lipinski definition) is 0. The predicted octanol–water partition coefficient (Wildman–Crippen LogP) is 2.50. The van der Waals surface area contributed by atoms with Crippen molar-refractivity contribution in [2.75, 3.05) is 26.2 Å².